The van der Waals surface area contributed by atoms with E-state index in [1.54, 1.807) is 7.11 Å². The van der Waals surface area contributed by atoms with Crippen LogP contribution in [-0.2, 0) is 30.0 Å². The SMILES string of the molecule is CC[Si](CC)(CC)O[C@@H]1[C@@H]2OC(C)(C)O[C@@H]2CO[C@@H]1CC#CCOCc1ccc(OC)cc1. The summed E-state index contributed by atoms with van der Waals surface area (Å²) in [7, 11) is -0.194. The van der Waals surface area contributed by atoms with Crippen LogP contribution in [0.25, 0.3) is 0 Å². The van der Waals surface area contributed by atoms with Crippen LogP contribution >= 0.6 is 0 Å². The zero-order valence-corrected chi connectivity index (χ0v) is 22.0. The van der Waals surface area contributed by atoms with Crippen molar-refractivity contribution in [3.05, 3.63) is 29.8 Å². The molecule has 0 amide bonds. The molecule has 2 heterocycles. The highest BCUT2D eigenvalue weighted by Crippen LogP contribution is 2.38. The van der Waals surface area contributed by atoms with E-state index >= 15 is 0 Å². The maximum absolute atomic E-state index is 6.90. The van der Waals surface area contributed by atoms with Gasteiger partial charge in [-0.3, -0.25) is 0 Å². The van der Waals surface area contributed by atoms with E-state index in [9.17, 15) is 0 Å². The zero-order valence-electron chi connectivity index (χ0n) is 21.0. The first kappa shape index (κ1) is 26.2. The van der Waals surface area contributed by atoms with E-state index in [1.165, 1.54) is 0 Å². The van der Waals surface area contributed by atoms with Crippen molar-refractivity contribution < 1.29 is 28.1 Å². The molecule has 3 rings (SSSR count). The molecule has 0 aliphatic carbocycles. The van der Waals surface area contributed by atoms with Gasteiger partial charge >= 0.3 is 0 Å². The van der Waals surface area contributed by atoms with Gasteiger partial charge in [-0.2, -0.15) is 0 Å². The first-order chi connectivity index (χ1) is 15.8. The van der Waals surface area contributed by atoms with Gasteiger partial charge in [0.2, 0.25) is 0 Å². The molecule has 7 heteroatoms. The van der Waals surface area contributed by atoms with E-state index < -0.39 is 14.1 Å². The first-order valence-corrected chi connectivity index (χ1v) is 14.7. The molecule has 4 atom stereocenters. The molecule has 1 aromatic rings. The molecular weight excluding hydrogens is 436 g/mol. The van der Waals surface area contributed by atoms with Crippen LogP contribution in [0, 0.1) is 11.8 Å². The van der Waals surface area contributed by atoms with Crippen molar-refractivity contribution in [3.63, 3.8) is 0 Å². The van der Waals surface area contributed by atoms with E-state index in [-0.39, 0.29) is 24.4 Å². The number of hydrogen-bond donors (Lipinski definition) is 0. The molecule has 0 saturated carbocycles. The highest BCUT2D eigenvalue weighted by molar-refractivity contribution is 6.73. The van der Waals surface area contributed by atoms with Crippen molar-refractivity contribution in [2.45, 2.75) is 96.0 Å². The van der Waals surface area contributed by atoms with Gasteiger partial charge in [0.25, 0.3) is 0 Å². The van der Waals surface area contributed by atoms with Crippen molar-refractivity contribution in [2.24, 2.45) is 0 Å². The van der Waals surface area contributed by atoms with Crippen molar-refractivity contribution >= 4 is 8.32 Å². The molecule has 1 aromatic carbocycles. The van der Waals surface area contributed by atoms with Gasteiger partial charge in [-0.15, -0.1) is 0 Å². The van der Waals surface area contributed by atoms with Crippen molar-refractivity contribution in [3.8, 4) is 17.6 Å². The summed E-state index contributed by atoms with van der Waals surface area (Å²) in [5.41, 5.74) is 1.09. The molecule has 2 fully saturated rings. The largest absolute Gasteiger partial charge is 0.497 e. The Morgan fingerprint density at radius 1 is 1.03 bits per heavy atom. The van der Waals surface area contributed by atoms with Crippen LogP contribution in [0.15, 0.2) is 24.3 Å². The average molecular weight is 477 g/mol. The van der Waals surface area contributed by atoms with Gasteiger partial charge in [-0.25, -0.2) is 0 Å². The maximum Gasteiger partial charge on any atom is 0.192 e. The summed E-state index contributed by atoms with van der Waals surface area (Å²) in [6, 6.07) is 11.1. The van der Waals surface area contributed by atoms with E-state index in [0.29, 0.717) is 26.2 Å². The van der Waals surface area contributed by atoms with Crippen LogP contribution in [0.3, 0.4) is 0 Å². The number of benzene rings is 1. The lowest BCUT2D eigenvalue weighted by Gasteiger charge is -2.42. The smallest absolute Gasteiger partial charge is 0.192 e. The average Bonchev–Trinajstić information content (AvgIpc) is 3.15. The Hall–Kier alpha value is -1.40. The lowest BCUT2D eigenvalue weighted by molar-refractivity contribution is -0.155. The maximum atomic E-state index is 6.90. The highest BCUT2D eigenvalue weighted by Gasteiger charge is 2.53. The molecule has 0 bridgehead atoms. The summed E-state index contributed by atoms with van der Waals surface area (Å²) in [5, 5.41) is 0. The first-order valence-electron chi connectivity index (χ1n) is 12.2. The Morgan fingerprint density at radius 3 is 2.36 bits per heavy atom. The summed E-state index contributed by atoms with van der Waals surface area (Å²) in [5.74, 6) is 6.60. The molecule has 33 heavy (non-hydrogen) atoms. The van der Waals surface area contributed by atoms with Crippen molar-refractivity contribution in [2.75, 3.05) is 20.3 Å². The lowest BCUT2D eigenvalue weighted by atomic mass is 9.98. The topological polar surface area (TPSA) is 55.4 Å². The van der Waals surface area contributed by atoms with Crippen LogP contribution in [-0.4, -0.2) is 58.8 Å². The molecule has 0 unspecified atom stereocenters. The van der Waals surface area contributed by atoms with Crippen LogP contribution in [0.4, 0.5) is 0 Å². The second-order valence-electron chi connectivity index (χ2n) is 9.24. The van der Waals surface area contributed by atoms with Gasteiger partial charge in [0.1, 0.15) is 30.7 Å². The molecule has 0 radical (unpaired) electrons. The van der Waals surface area contributed by atoms with E-state index in [0.717, 1.165) is 29.4 Å². The number of rotatable bonds is 10. The second-order valence-corrected chi connectivity index (χ2v) is 14.0. The molecule has 6 nitrogen and oxygen atoms in total. The fourth-order valence-corrected chi connectivity index (χ4v) is 7.43. The predicted octanol–water partition coefficient (Wildman–Crippen LogP) is 4.91. The molecule has 0 spiro atoms. The Labute approximate surface area is 200 Å². The fraction of sp³-hybridized carbons (Fsp3) is 0.692. The standard InChI is InChI=1S/C26H40O6Si/c1-7-33(8-2,9-3)32-25-22(29-19-23-24(25)31-26(4,5)30-23)12-10-11-17-28-18-20-13-15-21(27-6)16-14-20/h13-16,22-25H,7-9,12,17-19H2,1-6H3/t22-,23-,24-,25+/m1/s1. The Kier molecular flexibility index (Phi) is 9.40. The Morgan fingerprint density at radius 2 is 1.73 bits per heavy atom. The minimum Gasteiger partial charge on any atom is -0.497 e. The summed E-state index contributed by atoms with van der Waals surface area (Å²) in [6.45, 7) is 12.0. The quantitative estimate of drug-likeness (QED) is 0.272. The van der Waals surface area contributed by atoms with Gasteiger partial charge in [0.15, 0.2) is 14.1 Å². The number of hydrogen-bond acceptors (Lipinski definition) is 6. The van der Waals surface area contributed by atoms with Crippen LogP contribution in [0.2, 0.25) is 18.1 Å². The molecule has 184 valence electrons. The van der Waals surface area contributed by atoms with E-state index in [2.05, 4.69) is 32.6 Å². The van der Waals surface area contributed by atoms with E-state index in [1.807, 2.05) is 38.1 Å². The summed E-state index contributed by atoms with van der Waals surface area (Å²) in [6.07, 6.45) is 0.0780. The van der Waals surface area contributed by atoms with Gasteiger partial charge in [0.05, 0.1) is 26.4 Å². The van der Waals surface area contributed by atoms with Crippen LogP contribution < -0.4 is 4.74 Å². The predicted molar refractivity (Wildman–Crippen MR) is 131 cm³/mol. The number of ether oxygens (including phenoxy) is 5. The fourth-order valence-electron chi connectivity index (χ4n) is 4.57. The Bertz CT molecular complexity index is 787. The zero-order chi connectivity index (χ0) is 23.9. The van der Waals surface area contributed by atoms with Gasteiger partial charge in [-0.1, -0.05) is 44.7 Å². The molecular formula is C26H40O6Si. The third-order valence-electron chi connectivity index (χ3n) is 6.74. The third kappa shape index (κ3) is 6.81. The lowest BCUT2D eigenvalue weighted by Crippen LogP contribution is -2.57. The monoisotopic (exact) mass is 476 g/mol. The summed E-state index contributed by atoms with van der Waals surface area (Å²) in [4.78, 5) is 0. The van der Waals surface area contributed by atoms with Crippen LogP contribution in [0.5, 0.6) is 5.75 Å². The third-order valence-corrected chi connectivity index (χ3v) is 11.4. The van der Waals surface area contributed by atoms with Gasteiger partial charge in [0, 0.05) is 6.42 Å². The normalized spacial score (nSPS) is 26.4. The van der Waals surface area contributed by atoms with E-state index in [4.69, 9.17) is 28.1 Å². The molecule has 2 aliphatic rings. The minimum absolute atomic E-state index is 0.0979. The highest BCUT2D eigenvalue weighted by atomic mass is 28.4. The van der Waals surface area contributed by atoms with Gasteiger partial charge < -0.3 is 28.1 Å². The number of fused-ring (bicyclic) bond motifs is 1. The van der Waals surface area contributed by atoms with Gasteiger partial charge in [-0.05, 0) is 49.7 Å². The summed E-state index contributed by atoms with van der Waals surface area (Å²) >= 11 is 0. The van der Waals surface area contributed by atoms with Crippen LogP contribution in [0.1, 0.15) is 46.6 Å². The molecule has 0 aromatic heterocycles. The molecule has 2 saturated heterocycles. The molecule has 0 N–H and O–H groups in total. The molecule has 2 aliphatic heterocycles. The van der Waals surface area contributed by atoms with Crippen molar-refractivity contribution in [1.29, 1.82) is 0 Å². The number of methoxy groups -OCH3 is 1. The van der Waals surface area contributed by atoms with Crippen molar-refractivity contribution in [1.82, 2.24) is 0 Å². The second kappa shape index (κ2) is 11.8. The minimum atomic E-state index is -1.85. The summed E-state index contributed by atoms with van der Waals surface area (Å²) < 4.78 is 36.4. The Balaban J connectivity index is 1.59.